The molecule has 8 nitrogen and oxygen atoms in total. The van der Waals surface area contributed by atoms with Gasteiger partial charge in [0.05, 0.1) is 11.6 Å². The smallest absolute Gasteiger partial charge is 0.407 e. The lowest BCUT2D eigenvalue weighted by molar-refractivity contribution is 0.00594. The van der Waals surface area contributed by atoms with E-state index in [4.69, 9.17) is 0 Å². The van der Waals surface area contributed by atoms with Crippen LogP contribution in [0.1, 0.15) is 57.8 Å². The Bertz CT molecular complexity index is 1260. The summed E-state index contributed by atoms with van der Waals surface area (Å²) < 4.78 is 13.7. The number of rotatable bonds is 8. The van der Waals surface area contributed by atoms with Gasteiger partial charge in [0.25, 0.3) is 5.91 Å². The number of nitrogens with zero attached hydrogens (tertiary/aromatic N) is 5. The third-order valence-electron chi connectivity index (χ3n) is 8.84. The van der Waals surface area contributed by atoms with E-state index in [9.17, 15) is 24.3 Å². The van der Waals surface area contributed by atoms with E-state index in [2.05, 4.69) is 15.9 Å². The first-order valence-corrected chi connectivity index (χ1v) is 14.3. The topological polar surface area (TPSA) is 91.1 Å². The number of amides is 2. The Balaban J connectivity index is 1.22. The second kappa shape index (κ2) is 12.4. The van der Waals surface area contributed by atoms with E-state index in [1.165, 1.54) is 17.0 Å². The summed E-state index contributed by atoms with van der Waals surface area (Å²) in [6, 6.07) is 12.9. The number of piperazine rings is 1. The summed E-state index contributed by atoms with van der Waals surface area (Å²) in [7, 11) is 1.82. The Hall–Kier alpha value is -3.48. The molecule has 2 aliphatic heterocycles. The maximum Gasteiger partial charge on any atom is 0.407 e. The van der Waals surface area contributed by atoms with Gasteiger partial charge in [0, 0.05) is 70.4 Å². The van der Waals surface area contributed by atoms with E-state index in [1.54, 1.807) is 11.0 Å². The van der Waals surface area contributed by atoms with Gasteiger partial charge in [0.2, 0.25) is 0 Å². The lowest BCUT2D eigenvalue weighted by atomic mass is 9.86. The zero-order chi connectivity index (χ0) is 28.2. The number of hydrogen-bond acceptors (Lipinski definition) is 5. The van der Waals surface area contributed by atoms with Crippen LogP contribution in [0, 0.1) is 17.1 Å². The Morgan fingerprint density at radius 2 is 1.80 bits per heavy atom. The van der Waals surface area contributed by atoms with E-state index >= 15 is 0 Å². The molecule has 5 rings (SSSR count). The molecule has 212 valence electrons. The van der Waals surface area contributed by atoms with Gasteiger partial charge in [0.15, 0.2) is 0 Å². The molecule has 0 spiro atoms. The SMILES string of the molecule is CN(C[C@@H](CCN1CC(N2CCN(C(=O)O)CC2)C1)c1ccc(F)cc1)C(=O)c1cc(C#N)cc2c1CCCC2. The van der Waals surface area contributed by atoms with Crippen molar-refractivity contribution >= 4 is 12.0 Å². The lowest BCUT2D eigenvalue weighted by Crippen LogP contribution is -2.63. The summed E-state index contributed by atoms with van der Waals surface area (Å²) in [6.07, 6.45) is 3.88. The van der Waals surface area contributed by atoms with Gasteiger partial charge in [0.1, 0.15) is 5.82 Å². The highest BCUT2D eigenvalue weighted by atomic mass is 19.1. The fourth-order valence-corrected chi connectivity index (χ4v) is 6.41. The largest absolute Gasteiger partial charge is 0.465 e. The summed E-state index contributed by atoms with van der Waals surface area (Å²) >= 11 is 0. The second-order valence-electron chi connectivity index (χ2n) is 11.4. The van der Waals surface area contributed by atoms with E-state index in [0.717, 1.165) is 81.5 Å². The fourth-order valence-electron chi connectivity index (χ4n) is 6.41. The average molecular weight is 548 g/mol. The average Bonchev–Trinajstić information content (AvgIpc) is 2.95. The minimum Gasteiger partial charge on any atom is -0.465 e. The number of aryl methyl sites for hydroxylation is 1. The summed E-state index contributed by atoms with van der Waals surface area (Å²) in [4.78, 5) is 32.9. The van der Waals surface area contributed by atoms with Gasteiger partial charge in [-0.1, -0.05) is 12.1 Å². The molecule has 0 bridgehead atoms. The number of benzene rings is 2. The van der Waals surface area contributed by atoms with Crippen molar-refractivity contribution in [1.29, 1.82) is 5.26 Å². The van der Waals surface area contributed by atoms with Crippen LogP contribution in [0.25, 0.3) is 0 Å². The molecule has 1 atom stereocenters. The molecule has 3 aliphatic rings. The first-order valence-electron chi connectivity index (χ1n) is 14.3. The van der Waals surface area contributed by atoms with Crippen LogP contribution < -0.4 is 0 Å². The monoisotopic (exact) mass is 547 g/mol. The van der Waals surface area contributed by atoms with Crippen LogP contribution in [0.2, 0.25) is 0 Å². The number of carbonyl (C=O) groups excluding carboxylic acids is 1. The highest BCUT2D eigenvalue weighted by molar-refractivity contribution is 5.96. The number of carbonyl (C=O) groups is 2. The van der Waals surface area contributed by atoms with Crippen LogP contribution >= 0.6 is 0 Å². The van der Waals surface area contributed by atoms with Crippen molar-refractivity contribution in [3.63, 3.8) is 0 Å². The minimum atomic E-state index is -0.845. The highest BCUT2D eigenvalue weighted by Gasteiger charge is 2.34. The van der Waals surface area contributed by atoms with Crippen LogP contribution in [0.3, 0.4) is 0 Å². The quantitative estimate of drug-likeness (QED) is 0.541. The molecule has 0 aromatic heterocycles. The van der Waals surface area contributed by atoms with Crippen LogP contribution in [0.5, 0.6) is 0 Å². The fraction of sp³-hybridized carbons (Fsp3) is 0.516. The Morgan fingerprint density at radius 1 is 1.10 bits per heavy atom. The summed E-state index contributed by atoms with van der Waals surface area (Å²) in [6.45, 7) is 5.92. The lowest BCUT2D eigenvalue weighted by Gasteiger charge is -2.48. The summed E-state index contributed by atoms with van der Waals surface area (Å²) in [5.41, 5.74) is 4.38. The maximum atomic E-state index is 13.7. The van der Waals surface area contributed by atoms with Gasteiger partial charge in [-0.25, -0.2) is 9.18 Å². The van der Waals surface area contributed by atoms with E-state index in [1.807, 2.05) is 25.2 Å². The number of halogens is 1. The Kier molecular flexibility index (Phi) is 8.67. The van der Waals surface area contributed by atoms with Gasteiger partial charge >= 0.3 is 6.09 Å². The molecule has 40 heavy (non-hydrogen) atoms. The Labute approximate surface area is 235 Å². The van der Waals surface area contributed by atoms with Gasteiger partial charge < -0.3 is 19.8 Å². The van der Waals surface area contributed by atoms with Crippen molar-refractivity contribution in [3.05, 3.63) is 70.0 Å². The van der Waals surface area contributed by atoms with E-state index in [0.29, 0.717) is 36.8 Å². The molecule has 2 aromatic rings. The Morgan fingerprint density at radius 3 is 2.48 bits per heavy atom. The predicted molar refractivity (Wildman–Crippen MR) is 150 cm³/mol. The number of nitriles is 1. The number of carboxylic acid groups (broad SMARTS) is 1. The van der Waals surface area contributed by atoms with Crippen LogP contribution in [-0.2, 0) is 12.8 Å². The number of likely N-dealkylation sites (tertiary alicyclic amines) is 1. The van der Waals surface area contributed by atoms with Crippen LogP contribution in [-0.4, -0.2) is 102 Å². The molecule has 9 heteroatoms. The minimum absolute atomic E-state index is 0.0442. The molecule has 2 heterocycles. The first kappa shape index (κ1) is 28.1. The third-order valence-corrected chi connectivity index (χ3v) is 8.84. The summed E-state index contributed by atoms with van der Waals surface area (Å²) in [5, 5.41) is 18.7. The zero-order valence-corrected chi connectivity index (χ0v) is 23.2. The number of hydrogen-bond donors (Lipinski definition) is 1. The van der Waals surface area contributed by atoms with E-state index < -0.39 is 6.09 Å². The molecule has 1 N–H and O–H groups in total. The standard InChI is InChI=1S/C31H38FN5O3/c1-34(30(38)29-17-22(18-33)16-24-4-2-3-5-28(24)29)19-25(23-6-8-26(32)9-7-23)10-11-35-20-27(21-35)36-12-14-37(15-13-36)31(39)40/h6-9,16-17,25,27H,2-5,10-15,19-21H2,1H3,(H,39,40)/t25-/m1/s1. The molecule has 2 amide bonds. The van der Waals surface area contributed by atoms with Crippen molar-refractivity contribution in [2.45, 2.75) is 44.1 Å². The molecule has 0 radical (unpaired) electrons. The van der Waals surface area contributed by atoms with Crippen molar-refractivity contribution in [1.82, 2.24) is 19.6 Å². The van der Waals surface area contributed by atoms with Crippen molar-refractivity contribution in [3.8, 4) is 6.07 Å². The van der Waals surface area contributed by atoms with Gasteiger partial charge in [-0.2, -0.15) is 5.26 Å². The normalized spacial score (nSPS) is 18.9. The molecule has 2 saturated heterocycles. The number of likely N-dealkylation sites (N-methyl/N-ethyl adjacent to an activating group) is 1. The highest BCUT2D eigenvalue weighted by Crippen LogP contribution is 2.29. The molecule has 0 saturated carbocycles. The predicted octanol–water partition coefficient (Wildman–Crippen LogP) is 3.80. The third kappa shape index (κ3) is 6.29. The van der Waals surface area contributed by atoms with Gasteiger partial charge in [-0.15, -0.1) is 0 Å². The second-order valence-corrected chi connectivity index (χ2v) is 11.4. The van der Waals surface area contributed by atoms with Crippen LogP contribution in [0.4, 0.5) is 9.18 Å². The first-order chi connectivity index (χ1) is 19.3. The molecule has 0 unspecified atom stereocenters. The van der Waals surface area contributed by atoms with Crippen LogP contribution in [0.15, 0.2) is 36.4 Å². The van der Waals surface area contributed by atoms with Crippen molar-refractivity contribution in [2.75, 3.05) is 59.4 Å². The molecule has 2 aromatic carbocycles. The van der Waals surface area contributed by atoms with Crippen molar-refractivity contribution < 1.29 is 19.1 Å². The van der Waals surface area contributed by atoms with Crippen molar-refractivity contribution in [2.24, 2.45) is 0 Å². The molecular weight excluding hydrogens is 509 g/mol. The maximum absolute atomic E-state index is 13.7. The zero-order valence-electron chi connectivity index (χ0n) is 23.2. The molecule has 1 aliphatic carbocycles. The molecular formula is C31H38FN5O3. The van der Waals surface area contributed by atoms with Gasteiger partial charge in [-0.05, 0) is 79.6 Å². The van der Waals surface area contributed by atoms with Gasteiger partial charge in [-0.3, -0.25) is 9.69 Å². The van der Waals surface area contributed by atoms with E-state index in [-0.39, 0.29) is 17.6 Å². The number of fused-ring (bicyclic) bond motifs is 1. The molecule has 2 fully saturated rings. The summed E-state index contributed by atoms with van der Waals surface area (Å²) in [5.74, 6) is -0.296.